The Balaban J connectivity index is 2.06. The van der Waals surface area contributed by atoms with Crippen molar-refractivity contribution in [3.05, 3.63) is 58.1 Å². The van der Waals surface area contributed by atoms with Gasteiger partial charge in [-0.1, -0.05) is 41.1 Å². The minimum Gasteiger partial charge on any atom is -0.496 e. The van der Waals surface area contributed by atoms with Crippen LogP contribution in [-0.2, 0) is 11.3 Å². The molecule has 0 aliphatic heterocycles. The van der Waals surface area contributed by atoms with Crippen LogP contribution < -0.4 is 15.0 Å². The van der Waals surface area contributed by atoms with Gasteiger partial charge >= 0.3 is 0 Å². The summed E-state index contributed by atoms with van der Waals surface area (Å²) in [4.78, 5) is 13.7. The van der Waals surface area contributed by atoms with E-state index in [9.17, 15) is 4.79 Å². The van der Waals surface area contributed by atoms with E-state index in [1.54, 1.807) is 7.11 Å². The van der Waals surface area contributed by atoms with E-state index < -0.39 is 0 Å². The van der Waals surface area contributed by atoms with Gasteiger partial charge in [0.25, 0.3) is 5.91 Å². The van der Waals surface area contributed by atoms with Crippen LogP contribution in [0.4, 0.5) is 5.69 Å². The quantitative estimate of drug-likeness (QED) is 0.707. The van der Waals surface area contributed by atoms with Crippen LogP contribution in [-0.4, -0.2) is 26.1 Å². The van der Waals surface area contributed by atoms with Gasteiger partial charge in [0.2, 0.25) is 0 Å². The zero-order valence-corrected chi connectivity index (χ0v) is 16.7. The Labute approximate surface area is 158 Å². The first-order valence-electron chi connectivity index (χ1n) is 8.55. The summed E-state index contributed by atoms with van der Waals surface area (Å²) in [5.41, 5.74) is 3.05. The number of amides is 1. The number of benzene rings is 2. The standard InChI is InChI=1S/C20H25BrN2O2/c1-4-11-23(13-16-12-17(21)9-10-19(16)25-3)14-20(24)22-18-8-6-5-7-15(18)2/h5-10,12H,4,11,13-14H2,1-3H3,(H,22,24)/p+1. The van der Waals surface area contributed by atoms with Crippen LogP contribution in [0.1, 0.15) is 24.5 Å². The first-order chi connectivity index (χ1) is 12.0. The summed E-state index contributed by atoms with van der Waals surface area (Å²) < 4.78 is 6.48. The molecular weight excluding hydrogens is 380 g/mol. The number of carbonyl (C=O) groups is 1. The van der Waals surface area contributed by atoms with Crippen molar-refractivity contribution in [2.45, 2.75) is 26.8 Å². The Bertz CT molecular complexity index is 719. The molecule has 0 saturated heterocycles. The van der Waals surface area contributed by atoms with Gasteiger partial charge in [-0.15, -0.1) is 0 Å². The molecule has 0 fully saturated rings. The lowest BCUT2D eigenvalue weighted by atomic mass is 10.1. The second kappa shape index (κ2) is 9.59. The van der Waals surface area contributed by atoms with Crippen molar-refractivity contribution in [3.63, 3.8) is 0 Å². The lowest BCUT2D eigenvalue weighted by molar-refractivity contribution is -0.905. The highest BCUT2D eigenvalue weighted by molar-refractivity contribution is 9.10. The fraction of sp³-hybridized carbons (Fsp3) is 0.350. The molecule has 2 aromatic rings. The number of nitrogens with one attached hydrogen (secondary N) is 2. The molecule has 1 unspecified atom stereocenters. The Morgan fingerprint density at radius 2 is 2.00 bits per heavy atom. The van der Waals surface area contributed by atoms with Crippen molar-refractivity contribution < 1.29 is 14.4 Å². The second-order valence-corrected chi connectivity index (χ2v) is 7.09. The highest BCUT2D eigenvalue weighted by Crippen LogP contribution is 2.22. The number of halogens is 1. The fourth-order valence-corrected chi connectivity index (χ4v) is 3.29. The first-order valence-corrected chi connectivity index (χ1v) is 9.34. The number of quaternary nitrogens is 1. The van der Waals surface area contributed by atoms with E-state index in [4.69, 9.17) is 4.74 Å². The van der Waals surface area contributed by atoms with Crippen LogP contribution in [0.3, 0.4) is 0 Å². The Hall–Kier alpha value is -1.85. The molecule has 0 saturated carbocycles. The fourth-order valence-electron chi connectivity index (χ4n) is 2.88. The molecule has 1 atom stereocenters. The number of aryl methyl sites for hydroxylation is 1. The normalized spacial score (nSPS) is 11.8. The first kappa shape index (κ1) is 19.5. The third-order valence-corrected chi connectivity index (χ3v) is 4.61. The largest absolute Gasteiger partial charge is 0.496 e. The average Bonchev–Trinajstić information content (AvgIpc) is 2.57. The number of para-hydroxylation sites is 1. The Kier molecular flexibility index (Phi) is 7.47. The highest BCUT2D eigenvalue weighted by atomic mass is 79.9. The number of hydrogen-bond acceptors (Lipinski definition) is 2. The van der Waals surface area contributed by atoms with Gasteiger partial charge in [0.1, 0.15) is 12.3 Å². The van der Waals surface area contributed by atoms with Crippen molar-refractivity contribution in [1.29, 1.82) is 0 Å². The molecular formula is C20H26BrN2O2+. The highest BCUT2D eigenvalue weighted by Gasteiger charge is 2.17. The van der Waals surface area contributed by atoms with Crippen LogP contribution >= 0.6 is 15.9 Å². The van der Waals surface area contributed by atoms with Gasteiger partial charge in [0.15, 0.2) is 6.54 Å². The number of methoxy groups -OCH3 is 1. The zero-order valence-electron chi connectivity index (χ0n) is 15.1. The number of ether oxygens (including phenoxy) is 1. The SMILES string of the molecule is CCC[NH+](CC(=O)Nc1ccccc1C)Cc1cc(Br)ccc1OC. The smallest absolute Gasteiger partial charge is 0.279 e. The van der Waals surface area contributed by atoms with Crippen LogP contribution in [0.25, 0.3) is 0 Å². The monoisotopic (exact) mass is 405 g/mol. The van der Waals surface area contributed by atoms with Crippen LogP contribution in [0.2, 0.25) is 0 Å². The molecule has 2 N–H and O–H groups in total. The molecule has 5 heteroatoms. The number of hydrogen-bond donors (Lipinski definition) is 2. The molecule has 25 heavy (non-hydrogen) atoms. The molecule has 134 valence electrons. The molecule has 0 heterocycles. The van der Waals surface area contributed by atoms with Gasteiger partial charge in [-0.05, 0) is 43.2 Å². The maximum atomic E-state index is 12.5. The molecule has 0 aliphatic carbocycles. The Morgan fingerprint density at radius 1 is 1.24 bits per heavy atom. The summed E-state index contributed by atoms with van der Waals surface area (Å²) in [6.45, 7) is 6.24. The van der Waals surface area contributed by atoms with E-state index >= 15 is 0 Å². The third kappa shape index (κ3) is 5.87. The van der Waals surface area contributed by atoms with E-state index in [1.165, 1.54) is 4.90 Å². The van der Waals surface area contributed by atoms with E-state index in [0.717, 1.165) is 46.5 Å². The molecule has 0 aromatic heterocycles. The van der Waals surface area contributed by atoms with E-state index in [1.807, 2.05) is 43.3 Å². The number of carbonyl (C=O) groups excluding carboxylic acids is 1. The third-order valence-electron chi connectivity index (χ3n) is 4.12. The van der Waals surface area contributed by atoms with Crippen LogP contribution in [0, 0.1) is 6.92 Å². The van der Waals surface area contributed by atoms with Crippen molar-refractivity contribution >= 4 is 27.5 Å². The van der Waals surface area contributed by atoms with Crippen LogP contribution in [0.15, 0.2) is 46.9 Å². The average molecular weight is 406 g/mol. The Morgan fingerprint density at radius 3 is 2.68 bits per heavy atom. The van der Waals surface area contributed by atoms with Crippen molar-refractivity contribution in [2.75, 3.05) is 25.5 Å². The molecule has 2 aromatic carbocycles. The van der Waals surface area contributed by atoms with Gasteiger partial charge < -0.3 is 15.0 Å². The summed E-state index contributed by atoms with van der Waals surface area (Å²) in [6, 6.07) is 13.8. The molecule has 2 rings (SSSR count). The lowest BCUT2D eigenvalue weighted by Gasteiger charge is -2.20. The van der Waals surface area contributed by atoms with E-state index in [-0.39, 0.29) is 5.91 Å². The summed E-state index contributed by atoms with van der Waals surface area (Å²) >= 11 is 3.51. The lowest BCUT2D eigenvalue weighted by Crippen LogP contribution is -3.11. The van der Waals surface area contributed by atoms with Gasteiger partial charge in [-0.3, -0.25) is 4.79 Å². The van der Waals surface area contributed by atoms with Crippen LogP contribution in [0.5, 0.6) is 5.75 Å². The van der Waals surface area contributed by atoms with Crippen molar-refractivity contribution in [3.8, 4) is 5.75 Å². The maximum Gasteiger partial charge on any atom is 0.279 e. The molecule has 4 nitrogen and oxygen atoms in total. The zero-order chi connectivity index (χ0) is 18.2. The van der Waals surface area contributed by atoms with Gasteiger partial charge in [0.05, 0.1) is 13.7 Å². The van der Waals surface area contributed by atoms with Gasteiger partial charge in [0, 0.05) is 15.7 Å². The number of rotatable bonds is 8. The summed E-state index contributed by atoms with van der Waals surface area (Å²) in [6.07, 6.45) is 1.02. The van der Waals surface area contributed by atoms with E-state index in [0.29, 0.717) is 6.54 Å². The van der Waals surface area contributed by atoms with E-state index in [2.05, 4.69) is 34.2 Å². The van der Waals surface area contributed by atoms with Gasteiger partial charge in [-0.25, -0.2) is 0 Å². The molecule has 0 bridgehead atoms. The summed E-state index contributed by atoms with van der Waals surface area (Å²) in [5.74, 6) is 0.892. The molecule has 0 spiro atoms. The predicted molar refractivity (Wildman–Crippen MR) is 105 cm³/mol. The van der Waals surface area contributed by atoms with Crippen molar-refractivity contribution in [2.24, 2.45) is 0 Å². The predicted octanol–water partition coefficient (Wildman–Crippen LogP) is 3.20. The second-order valence-electron chi connectivity index (χ2n) is 6.17. The summed E-state index contributed by atoms with van der Waals surface area (Å²) in [7, 11) is 1.68. The minimum absolute atomic E-state index is 0.0340. The molecule has 0 aliphatic rings. The van der Waals surface area contributed by atoms with Crippen molar-refractivity contribution in [1.82, 2.24) is 0 Å². The maximum absolute atomic E-state index is 12.5. The van der Waals surface area contributed by atoms with Gasteiger partial charge in [-0.2, -0.15) is 0 Å². The summed E-state index contributed by atoms with van der Waals surface area (Å²) in [5, 5.41) is 3.02. The number of anilines is 1. The topological polar surface area (TPSA) is 42.8 Å². The molecule has 1 amide bonds. The minimum atomic E-state index is 0.0340. The molecule has 0 radical (unpaired) electrons.